The summed E-state index contributed by atoms with van der Waals surface area (Å²) < 4.78 is 6.85. The van der Waals surface area contributed by atoms with Crippen LogP contribution in [0.5, 0.6) is 5.75 Å². The molecule has 0 unspecified atom stereocenters. The fourth-order valence-corrected chi connectivity index (χ4v) is 4.03. The maximum atomic E-state index is 12.2. The summed E-state index contributed by atoms with van der Waals surface area (Å²) in [5.41, 5.74) is 4.73. The van der Waals surface area contributed by atoms with Crippen LogP contribution < -0.4 is 15.5 Å². The number of benzene rings is 3. The highest BCUT2D eigenvalue weighted by Gasteiger charge is 2.16. The number of rotatable bonds is 7. The minimum atomic E-state index is -0.930. The molecule has 34 heavy (non-hydrogen) atoms. The van der Waals surface area contributed by atoms with Crippen LogP contribution in [-0.4, -0.2) is 28.2 Å². The van der Waals surface area contributed by atoms with Crippen LogP contribution >= 0.6 is 27.3 Å². The van der Waals surface area contributed by atoms with Gasteiger partial charge in [-0.15, -0.1) is 10.2 Å². The molecule has 0 spiro atoms. The van der Waals surface area contributed by atoms with Gasteiger partial charge in [-0.05, 0) is 29.8 Å². The monoisotopic (exact) mass is 535 g/mol. The number of nitrogens with one attached hydrogen (secondary N) is 2. The van der Waals surface area contributed by atoms with Gasteiger partial charge >= 0.3 is 11.8 Å². The number of para-hydroxylation sites is 1. The van der Waals surface area contributed by atoms with E-state index in [1.165, 1.54) is 17.6 Å². The first-order valence-electron chi connectivity index (χ1n) is 10.1. The van der Waals surface area contributed by atoms with Crippen molar-refractivity contribution < 1.29 is 14.3 Å². The smallest absolute Gasteiger partial charge is 0.329 e. The molecule has 4 aromatic rings. The van der Waals surface area contributed by atoms with Gasteiger partial charge in [-0.3, -0.25) is 14.9 Å². The second kappa shape index (κ2) is 11.3. The molecule has 0 aliphatic heterocycles. The SMILES string of the molecule is O=C(NN=Cc1ccccc1OCc1cccc(Br)c1)C(=O)Nc1nnc(-c2ccccc2)s1. The van der Waals surface area contributed by atoms with E-state index in [2.05, 4.69) is 42.0 Å². The van der Waals surface area contributed by atoms with Crippen molar-refractivity contribution in [1.29, 1.82) is 0 Å². The summed E-state index contributed by atoms with van der Waals surface area (Å²) >= 11 is 4.61. The lowest BCUT2D eigenvalue weighted by molar-refractivity contribution is -0.136. The van der Waals surface area contributed by atoms with Gasteiger partial charge in [0.15, 0.2) is 0 Å². The van der Waals surface area contributed by atoms with Crippen molar-refractivity contribution in [3.8, 4) is 16.3 Å². The Morgan fingerprint density at radius 3 is 2.59 bits per heavy atom. The minimum absolute atomic E-state index is 0.217. The number of halogens is 1. The highest BCUT2D eigenvalue weighted by molar-refractivity contribution is 9.10. The van der Waals surface area contributed by atoms with Crippen molar-refractivity contribution in [3.63, 3.8) is 0 Å². The molecule has 10 heteroatoms. The van der Waals surface area contributed by atoms with E-state index in [4.69, 9.17) is 4.74 Å². The van der Waals surface area contributed by atoms with Crippen LogP contribution in [0.15, 0.2) is 88.4 Å². The van der Waals surface area contributed by atoms with Crippen molar-refractivity contribution in [3.05, 3.63) is 94.5 Å². The van der Waals surface area contributed by atoms with Gasteiger partial charge in [0.05, 0.1) is 6.21 Å². The normalized spacial score (nSPS) is 10.7. The Kier molecular flexibility index (Phi) is 7.74. The zero-order valence-corrected chi connectivity index (χ0v) is 20.0. The predicted molar refractivity (Wildman–Crippen MR) is 135 cm³/mol. The number of hydrogen-bond acceptors (Lipinski definition) is 7. The number of carbonyl (C=O) groups is 2. The number of amides is 2. The molecular weight excluding hydrogens is 518 g/mol. The zero-order valence-electron chi connectivity index (χ0n) is 17.6. The topological polar surface area (TPSA) is 106 Å². The maximum absolute atomic E-state index is 12.2. The first-order chi connectivity index (χ1) is 16.6. The molecule has 2 N–H and O–H groups in total. The molecule has 0 bridgehead atoms. The van der Waals surface area contributed by atoms with Crippen LogP contribution in [0, 0.1) is 0 Å². The van der Waals surface area contributed by atoms with Gasteiger partial charge in [-0.2, -0.15) is 5.10 Å². The Morgan fingerprint density at radius 2 is 1.76 bits per heavy atom. The molecule has 0 atom stereocenters. The van der Waals surface area contributed by atoms with Gasteiger partial charge in [0, 0.05) is 15.6 Å². The quantitative estimate of drug-likeness (QED) is 0.204. The summed E-state index contributed by atoms with van der Waals surface area (Å²) in [4.78, 5) is 24.3. The van der Waals surface area contributed by atoms with E-state index in [-0.39, 0.29) is 5.13 Å². The fraction of sp³-hybridized carbons (Fsp3) is 0.0417. The fourth-order valence-electron chi connectivity index (χ4n) is 2.84. The summed E-state index contributed by atoms with van der Waals surface area (Å²) in [6.45, 7) is 0.367. The molecule has 3 aromatic carbocycles. The largest absolute Gasteiger partial charge is 0.488 e. The molecular formula is C24H18BrN5O3S. The Labute approximate surface area is 207 Å². The number of anilines is 1. The van der Waals surface area contributed by atoms with Crippen LogP contribution in [0.4, 0.5) is 5.13 Å². The lowest BCUT2D eigenvalue weighted by Gasteiger charge is -2.09. The Balaban J connectivity index is 1.32. The van der Waals surface area contributed by atoms with E-state index in [0.717, 1.165) is 15.6 Å². The van der Waals surface area contributed by atoms with Gasteiger partial charge in [0.2, 0.25) is 5.13 Å². The van der Waals surface area contributed by atoms with Crippen molar-refractivity contribution in [2.45, 2.75) is 6.61 Å². The van der Waals surface area contributed by atoms with Crippen LogP contribution in [0.1, 0.15) is 11.1 Å². The summed E-state index contributed by atoms with van der Waals surface area (Å²) in [5, 5.41) is 15.1. The van der Waals surface area contributed by atoms with E-state index in [0.29, 0.717) is 22.9 Å². The van der Waals surface area contributed by atoms with Gasteiger partial charge in [0.25, 0.3) is 0 Å². The molecule has 1 aromatic heterocycles. The third-order valence-corrected chi connectivity index (χ3v) is 5.83. The molecule has 0 aliphatic rings. The van der Waals surface area contributed by atoms with Crippen molar-refractivity contribution in [1.82, 2.24) is 15.6 Å². The minimum Gasteiger partial charge on any atom is -0.488 e. The maximum Gasteiger partial charge on any atom is 0.329 e. The number of carbonyl (C=O) groups excluding carboxylic acids is 2. The summed E-state index contributed by atoms with van der Waals surface area (Å²) in [5.74, 6) is -1.24. The highest BCUT2D eigenvalue weighted by Crippen LogP contribution is 2.25. The zero-order chi connectivity index (χ0) is 23.8. The predicted octanol–water partition coefficient (Wildman–Crippen LogP) is 4.64. The van der Waals surface area contributed by atoms with Crippen molar-refractivity contribution >= 4 is 50.4 Å². The molecule has 8 nitrogen and oxygen atoms in total. The number of hydrogen-bond donors (Lipinski definition) is 2. The van der Waals surface area contributed by atoms with E-state index in [1.54, 1.807) is 12.1 Å². The van der Waals surface area contributed by atoms with Crippen molar-refractivity contribution in [2.75, 3.05) is 5.32 Å². The first kappa shape index (κ1) is 23.3. The lowest BCUT2D eigenvalue weighted by atomic mass is 10.2. The van der Waals surface area contributed by atoms with Gasteiger partial charge in [-0.1, -0.05) is 81.9 Å². The summed E-state index contributed by atoms with van der Waals surface area (Å²) in [6.07, 6.45) is 1.42. The summed E-state index contributed by atoms with van der Waals surface area (Å²) in [6, 6.07) is 24.5. The van der Waals surface area contributed by atoms with E-state index in [1.807, 2.05) is 66.7 Å². The van der Waals surface area contributed by atoms with Gasteiger partial charge in [-0.25, -0.2) is 5.43 Å². The molecule has 170 valence electrons. The van der Waals surface area contributed by atoms with Gasteiger partial charge < -0.3 is 4.74 Å². The van der Waals surface area contributed by atoms with Crippen LogP contribution in [-0.2, 0) is 16.2 Å². The van der Waals surface area contributed by atoms with E-state index in [9.17, 15) is 9.59 Å². The second-order valence-electron chi connectivity index (χ2n) is 6.89. The molecule has 0 saturated carbocycles. The molecule has 0 saturated heterocycles. The van der Waals surface area contributed by atoms with Gasteiger partial charge in [0.1, 0.15) is 17.4 Å². The Morgan fingerprint density at radius 1 is 0.971 bits per heavy atom. The number of aromatic nitrogens is 2. The molecule has 2 amide bonds. The second-order valence-corrected chi connectivity index (χ2v) is 8.78. The molecule has 0 radical (unpaired) electrons. The molecule has 1 heterocycles. The number of ether oxygens (including phenoxy) is 1. The number of nitrogens with zero attached hydrogens (tertiary/aromatic N) is 3. The Bertz CT molecular complexity index is 1330. The third kappa shape index (κ3) is 6.33. The Hall–Kier alpha value is -3.89. The molecule has 4 rings (SSSR count). The third-order valence-electron chi connectivity index (χ3n) is 4.44. The number of hydrazone groups is 1. The summed E-state index contributed by atoms with van der Waals surface area (Å²) in [7, 11) is 0. The van der Waals surface area contributed by atoms with Crippen LogP contribution in [0.25, 0.3) is 10.6 Å². The highest BCUT2D eigenvalue weighted by atomic mass is 79.9. The molecule has 0 fully saturated rings. The van der Waals surface area contributed by atoms with E-state index >= 15 is 0 Å². The standard InChI is InChI=1S/C24H18BrN5O3S/c25-19-11-6-7-16(13-19)15-33-20-12-5-4-10-18(20)14-26-28-22(32)21(31)27-24-30-29-23(34-24)17-8-2-1-3-9-17/h1-14H,15H2,(H,28,32)(H,27,30,31). The lowest BCUT2D eigenvalue weighted by Crippen LogP contribution is -2.32. The van der Waals surface area contributed by atoms with E-state index < -0.39 is 11.8 Å². The molecule has 0 aliphatic carbocycles. The average molecular weight is 536 g/mol. The van der Waals surface area contributed by atoms with Crippen LogP contribution in [0.2, 0.25) is 0 Å². The van der Waals surface area contributed by atoms with Crippen LogP contribution in [0.3, 0.4) is 0 Å². The average Bonchev–Trinajstić information content (AvgIpc) is 3.32. The first-order valence-corrected chi connectivity index (χ1v) is 11.7. The van der Waals surface area contributed by atoms with Crippen molar-refractivity contribution in [2.24, 2.45) is 5.10 Å².